The lowest BCUT2D eigenvalue weighted by Crippen LogP contribution is -2.27. The van der Waals surface area contributed by atoms with Gasteiger partial charge in [-0.1, -0.05) is 0 Å². The number of hydrogen-bond donors (Lipinski definition) is 3. The van der Waals surface area contributed by atoms with Gasteiger partial charge in [0.15, 0.2) is 5.82 Å². The van der Waals surface area contributed by atoms with Crippen LogP contribution in [0, 0.1) is 0 Å². The Morgan fingerprint density at radius 1 is 1.22 bits per heavy atom. The SMILES string of the molecule is CCOc1ccc(N(N)c2nc(NCCc3cnn(C)c3)ncc2N)cc1. The van der Waals surface area contributed by atoms with Gasteiger partial charge in [0, 0.05) is 19.8 Å². The van der Waals surface area contributed by atoms with Crippen LogP contribution in [0.5, 0.6) is 5.75 Å². The number of nitrogens with one attached hydrogen (secondary N) is 1. The number of nitrogens with zero attached hydrogens (tertiary/aromatic N) is 5. The zero-order valence-corrected chi connectivity index (χ0v) is 15.5. The Balaban J connectivity index is 1.68. The van der Waals surface area contributed by atoms with E-state index in [4.69, 9.17) is 16.3 Å². The van der Waals surface area contributed by atoms with Crippen molar-refractivity contribution in [1.29, 1.82) is 0 Å². The summed E-state index contributed by atoms with van der Waals surface area (Å²) in [7, 11) is 1.89. The molecule has 3 aromatic rings. The molecule has 0 bridgehead atoms. The predicted octanol–water partition coefficient (Wildman–Crippen LogP) is 1.86. The summed E-state index contributed by atoms with van der Waals surface area (Å²) in [5.74, 6) is 7.89. The number of anilines is 4. The van der Waals surface area contributed by atoms with E-state index in [1.807, 2.05) is 50.6 Å². The molecule has 3 rings (SSSR count). The zero-order valence-electron chi connectivity index (χ0n) is 15.5. The molecule has 27 heavy (non-hydrogen) atoms. The Labute approximate surface area is 157 Å². The Hall–Kier alpha value is -3.33. The molecule has 0 aliphatic rings. The highest BCUT2D eigenvalue weighted by Crippen LogP contribution is 2.27. The van der Waals surface area contributed by atoms with E-state index in [1.165, 1.54) is 5.01 Å². The van der Waals surface area contributed by atoms with Crippen LogP contribution in [0.2, 0.25) is 0 Å². The molecule has 5 N–H and O–H groups in total. The summed E-state index contributed by atoms with van der Waals surface area (Å²) < 4.78 is 7.22. The van der Waals surface area contributed by atoms with Gasteiger partial charge in [-0.15, -0.1) is 0 Å². The van der Waals surface area contributed by atoms with E-state index in [0.29, 0.717) is 30.6 Å². The van der Waals surface area contributed by atoms with Crippen molar-refractivity contribution in [3.8, 4) is 5.75 Å². The summed E-state index contributed by atoms with van der Waals surface area (Å²) >= 11 is 0. The molecule has 0 unspecified atom stereocenters. The van der Waals surface area contributed by atoms with Crippen molar-refractivity contribution < 1.29 is 4.74 Å². The Morgan fingerprint density at radius 3 is 2.67 bits per heavy atom. The number of aromatic nitrogens is 4. The Kier molecular flexibility index (Phi) is 5.72. The first kappa shape index (κ1) is 18.5. The normalized spacial score (nSPS) is 10.6. The molecule has 0 spiro atoms. The van der Waals surface area contributed by atoms with E-state index in [0.717, 1.165) is 23.4 Å². The van der Waals surface area contributed by atoms with Crippen molar-refractivity contribution in [3.05, 3.63) is 48.4 Å². The molecule has 2 heterocycles. The predicted molar refractivity (Wildman–Crippen MR) is 106 cm³/mol. The van der Waals surface area contributed by atoms with Gasteiger partial charge in [0.25, 0.3) is 0 Å². The van der Waals surface area contributed by atoms with Gasteiger partial charge in [0.2, 0.25) is 5.95 Å². The maximum absolute atomic E-state index is 6.22. The number of aryl methyl sites for hydroxylation is 1. The number of benzene rings is 1. The minimum atomic E-state index is 0.393. The lowest BCUT2D eigenvalue weighted by atomic mass is 10.2. The summed E-state index contributed by atoms with van der Waals surface area (Å²) in [6, 6.07) is 7.40. The van der Waals surface area contributed by atoms with Crippen molar-refractivity contribution in [1.82, 2.24) is 19.7 Å². The van der Waals surface area contributed by atoms with Crippen molar-refractivity contribution in [2.24, 2.45) is 12.9 Å². The fraction of sp³-hybridized carbons (Fsp3) is 0.278. The largest absolute Gasteiger partial charge is 0.494 e. The number of nitrogens with two attached hydrogens (primary N) is 2. The standard InChI is InChI=1S/C18H24N8O/c1-3-27-15-6-4-14(5-7-15)26(20)17-16(19)11-22-18(24-17)21-9-8-13-10-23-25(2)12-13/h4-7,10-12H,3,8-9,19-20H2,1-2H3,(H,21,22,24). The van der Waals surface area contributed by atoms with E-state index in [-0.39, 0.29) is 0 Å². The van der Waals surface area contributed by atoms with Gasteiger partial charge in [-0.05, 0) is 43.2 Å². The number of hydrogen-bond acceptors (Lipinski definition) is 8. The molecule has 0 atom stereocenters. The molecule has 9 heteroatoms. The van der Waals surface area contributed by atoms with Crippen LogP contribution in [-0.2, 0) is 13.5 Å². The highest BCUT2D eigenvalue weighted by atomic mass is 16.5. The molecule has 1 aromatic carbocycles. The van der Waals surface area contributed by atoms with Gasteiger partial charge >= 0.3 is 0 Å². The smallest absolute Gasteiger partial charge is 0.224 e. The Morgan fingerprint density at radius 2 is 2.00 bits per heavy atom. The minimum absolute atomic E-state index is 0.393. The second kappa shape index (κ2) is 8.37. The third-order valence-electron chi connectivity index (χ3n) is 3.91. The van der Waals surface area contributed by atoms with Gasteiger partial charge in [-0.25, -0.2) is 10.8 Å². The van der Waals surface area contributed by atoms with E-state index >= 15 is 0 Å². The first-order valence-electron chi connectivity index (χ1n) is 8.68. The monoisotopic (exact) mass is 368 g/mol. The second-order valence-corrected chi connectivity index (χ2v) is 5.97. The maximum Gasteiger partial charge on any atom is 0.224 e. The molecule has 0 fully saturated rings. The van der Waals surface area contributed by atoms with Crippen molar-refractivity contribution in [2.75, 3.05) is 29.2 Å². The topological polar surface area (TPSA) is 120 Å². The van der Waals surface area contributed by atoms with E-state index < -0.39 is 0 Å². The summed E-state index contributed by atoms with van der Waals surface area (Å²) in [6.07, 6.45) is 6.17. The second-order valence-electron chi connectivity index (χ2n) is 5.97. The van der Waals surface area contributed by atoms with Crippen LogP contribution in [0.25, 0.3) is 0 Å². The summed E-state index contributed by atoms with van der Waals surface area (Å²) in [4.78, 5) is 8.66. The van der Waals surface area contributed by atoms with Crippen LogP contribution in [0.4, 0.5) is 23.1 Å². The molecule has 0 aliphatic heterocycles. The average molecular weight is 368 g/mol. The lowest BCUT2D eigenvalue weighted by Gasteiger charge is -2.20. The molecular formula is C18H24N8O. The average Bonchev–Trinajstić information content (AvgIpc) is 3.08. The molecular weight excluding hydrogens is 344 g/mol. The molecule has 0 aliphatic carbocycles. The van der Waals surface area contributed by atoms with Crippen LogP contribution >= 0.6 is 0 Å². The number of ether oxygens (including phenoxy) is 1. The van der Waals surface area contributed by atoms with E-state index in [9.17, 15) is 0 Å². The quantitative estimate of drug-likeness (QED) is 0.407. The first-order valence-corrected chi connectivity index (χ1v) is 8.68. The fourth-order valence-corrected chi connectivity index (χ4v) is 2.57. The molecule has 9 nitrogen and oxygen atoms in total. The van der Waals surface area contributed by atoms with Crippen molar-refractivity contribution in [2.45, 2.75) is 13.3 Å². The molecule has 0 amide bonds. The fourth-order valence-electron chi connectivity index (χ4n) is 2.57. The highest BCUT2D eigenvalue weighted by molar-refractivity contribution is 5.70. The van der Waals surface area contributed by atoms with Gasteiger partial charge in [-0.2, -0.15) is 10.1 Å². The third kappa shape index (κ3) is 4.64. The minimum Gasteiger partial charge on any atom is -0.494 e. The zero-order chi connectivity index (χ0) is 19.2. The summed E-state index contributed by atoms with van der Waals surface area (Å²) in [5.41, 5.74) is 8.29. The van der Waals surface area contributed by atoms with Gasteiger partial charge in [0.05, 0.1) is 30.4 Å². The number of hydrazine groups is 1. The van der Waals surface area contributed by atoms with E-state index in [1.54, 1.807) is 10.9 Å². The number of nitrogen functional groups attached to an aromatic ring is 1. The van der Waals surface area contributed by atoms with Gasteiger partial charge in [-0.3, -0.25) is 9.69 Å². The van der Waals surface area contributed by atoms with Crippen LogP contribution in [-0.4, -0.2) is 32.9 Å². The summed E-state index contributed by atoms with van der Waals surface area (Å²) in [6.45, 7) is 3.22. The summed E-state index contributed by atoms with van der Waals surface area (Å²) in [5, 5.41) is 8.77. The lowest BCUT2D eigenvalue weighted by molar-refractivity contribution is 0.340. The van der Waals surface area contributed by atoms with Crippen LogP contribution in [0.1, 0.15) is 12.5 Å². The molecule has 0 saturated heterocycles. The molecule has 0 saturated carbocycles. The van der Waals surface area contributed by atoms with Crippen LogP contribution in [0.15, 0.2) is 42.9 Å². The molecule has 0 radical (unpaired) electrons. The van der Waals surface area contributed by atoms with Crippen molar-refractivity contribution in [3.63, 3.8) is 0 Å². The maximum atomic E-state index is 6.22. The Bertz CT molecular complexity index is 877. The van der Waals surface area contributed by atoms with Crippen LogP contribution in [0.3, 0.4) is 0 Å². The van der Waals surface area contributed by atoms with Gasteiger partial charge in [0.1, 0.15) is 5.75 Å². The third-order valence-corrected chi connectivity index (χ3v) is 3.91. The number of rotatable bonds is 8. The molecule has 142 valence electrons. The molecule has 2 aromatic heterocycles. The van der Waals surface area contributed by atoms with Crippen molar-refractivity contribution >= 4 is 23.1 Å². The highest BCUT2D eigenvalue weighted by Gasteiger charge is 2.12. The van der Waals surface area contributed by atoms with Crippen LogP contribution < -0.4 is 26.6 Å². The van der Waals surface area contributed by atoms with Gasteiger partial charge < -0.3 is 15.8 Å². The first-order chi connectivity index (χ1) is 13.1. The van der Waals surface area contributed by atoms with E-state index in [2.05, 4.69) is 20.4 Å².